The van der Waals surface area contributed by atoms with Gasteiger partial charge in [0.05, 0.1) is 0 Å². The van der Waals surface area contributed by atoms with Crippen LogP contribution in [0.5, 0.6) is 0 Å². The third-order valence-electron chi connectivity index (χ3n) is 0.940. The molecule has 1 aromatic rings. The van der Waals surface area contributed by atoms with Crippen LogP contribution >= 0.6 is 0 Å². The van der Waals surface area contributed by atoms with Crippen LogP contribution in [0.3, 0.4) is 0 Å². The Balaban J connectivity index is -0.000000163. The van der Waals surface area contributed by atoms with Crippen molar-refractivity contribution in [2.45, 2.75) is 0 Å². The van der Waals surface area contributed by atoms with Crippen LogP contribution in [-0.4, -0.2) is 18.8 Å². The van der Waals surface area contributed by atoms with Gasteiger partial charge in [-0.1, -0.05) is 35.8 Å². The van der Waals surface area contributed by atoms with E-state index in [0.29, 0.717) is 0 Å². The van der Waals surface area contributed by atoms with Gasteiger partial charge in [-0.2, -0.15) is 0 Å². The number of benzene rings is 1. The van der Waals surface area contributed by atoms with Crippen molar-refractivity contribution in [1.82, 2.24) is 0 Å². The van der Waals surface area contributed by atoms with E-state index in [1.165, 1.54) is 5.46 Å². The minimum atomic E-state index is 0. The normalized spacial score (nSPS) is 6.00. The molecule has 0 heterocycles. The number of hydrogen-bond acceptors (Lipinski definition) is 0. The van der Waals surface area contributed by atoms with E-state index in [9.17, 15) is 0 Å². The Kier molecular flexibility index (Phi) is 14.6. The van der Waals surface area contributed by atoms with E-state index in [1.807, 2.05) is 18.2 Å². The second-order valence-electron chi connectivity index (χ2n) is 1.65. The van der Waals surface area contributed by atoms with Crippen LogP contribution < -0.4 is 5.46 Å². The zero-order valence-electron chi connectivity index (χ0n) is 5.70. The maximum Gasteiger partial charge on any atom is 0.139 e. The molecule has 0 aliphatic carbocycles. The third-order valence-corrected chi connectivity index (χ3v) is 0.940. The molecular formula is C6H11BO2Pd. The van der Waals surface area contributed by atoms with E-state index >= 15 is 0 Å². The van der Waals surface area contributed by atoms with Gasteiger partial charge in [0.15, 0.2) is 0 Å². The molecule has 0 saturated carbocycles. The van der Waals surface area contributed by atoms with Crippen LogP contribution in [0.1, 0.15) is 0 Å². The predicted molar refractivity (Wildman–Crippen MR) is 41.8 cm³/mol. The van der Waals surface area contributed by atoms with Crippen LogP contribution in [0.15, 0.2) is 30.3 Å². The van der Waals surface area contributed by atoms with Gasteiger partial charge in [0.25, 0.3) is 0 Å². The van der Waals surface area contributed by atoms with Crippen LogP contribution in [0.25, 0.3) is 0 Å². The summed E-state index contributed by atoms with van der Waals surface area (Å²) in [7, 11) is 2.08. The Morgan fingerprint density at radius 2 is 1.30 bits per heavy atom. The molecule has 1 rings (SSSR count). The number of hydrogen-bond donors (Lipinski definition) is 0. The Labute approximate surface area is 75.3 Å². The molecule has 10 heavy (non-hydrogen) atoms. The van der Waals surface area contributed by atoms with Gasteiger partial charge < -0.3 is 11.0 Å². The van der Waals surface area contributed by atoms with Crippen LogP contribution in [-0.2, 0) is 20.4 Å². The maximum atomic E-state index is 2.08. The minimum absolute atomic E-state index is 0. The molecule has 1 aromatic carbocycles. The Hall–Kier alpha value is -0.133. The maximum absolute atomic E-state index is 2.08. The molecule has 0 aromatic heterocycles. The van der Waals surface area contributed by atoms with E-state index in [-0.39, 0.29) is 31.4 Å². The molecule has 0 atom stereocenters. The van der Waals surface area contributed by atoms with Crippen molar-refractivity contribution >= 4 is 13.3 Å². The van der Waals surface area contributed by atoms with Crippen molar-refractivity contribution in [2.75, 3.05) is 0 Å². The molecule has 4 N–H and O–H groups in total. The standard InChI is InChI=1S/C6H7B.2H2O.Pd/c7-6-4-2-1-3-5-6;;;/h1-5H,7H2;2*1H2;. The van der Waals surface area contributed by atoms with Gasteiger partial charge in [-0.3, -0.25) is 0 Å². The van der Waals surface area contributed by atoms with Crippen molar-refractivity contribution in [3.63, 3.8) is 0 Å². The first-order valence-corrected chi connectivity index (χ1v) is 2.41. The van der Waals surface area contributed by atoms with Gasteiger partial charge in [-0.25, -0.2) is 0 Å². The number of rotatable bonds is 0. The van der Waals surface area contributed by atoms with E-state index < -0.39 is 0 Å². The molecule has 0 unspecified atom stereocenters. The Morgan fingerprint density at radius 1 is 0.900 bits per heavy atom. The second kappa shape index (κ2) is 8.87. The molecule has 60 valence electrons. The average molecular weight is 232 g/mol. The third kappa shape index (κ3) is 5.99. The first-order chi connectivity index (χ1) is 3.39. The summed E-state index contributed by atoms with van der Waals surface area (Å²) in [5.74, 6) is 0. The van der Waals surface area contributed by atoms with Crippen molar-refractivity contribution < 1.29 is 31.4 Å². The summed E-state index contributed by atoms with van der Waals surface area (Å²) < 4.78 is 0. The summed E-state index contributed by atoms with van der Waals surface area (Å²) >= 11 is 0. The zero-order valence-corrected chi connectivity index (χ0v) is 7.26. The van der Waals surface area contributed by atoms with Crippen molar-refractivity contribution in [3.05, 3.63) is 30.3 Å². The summed E-state index contributed by atoms with van der Waals surface area (Å²) in [4.78, 5) is 0. The summed E-state index contributed by atoms with van der Waals surface area (Å²) in [6, 6.07) is 10.3. The molecule has 0 bridgehead atoms. The molecule has 0 radical (unpaired) electrons. The fraction of sp³-hybridized carbons (Fsp3) is 0. The summed E-state index contributed by atoms with van der Waals surface area (Å²) in [6.45, 7) is 0. The molecule has 0 spiro atoms. The summed E-state index contributed by atoms with van der Waals surface area (Å²) in [5.41, 5.74) is 1.32. The van der Waals surface area contributed by atoms with E-state index in [4.69, 9.17) is 0 Å². The first-order valence-electron chi connectivity index (χ1n) is 2.41. The largest absolute Gasteiger partial charge is 0.412 e. The van der Waals surface area contributed by atoms with Crippen LogP contribution in [0, 0.1) is 0 Å². The fourth-order valence-corrected chi connectivity index (χ4v) is 0.534. The fourth-order valence-electron chi connectivity index (χ4n) is 0.534. The predicted octanol–water partition coefficient (Wildman–Crippen LogP) is -1.71. The molecule has 4 heteroatoms. The van der Waals surface area contributed by atoms with E-state index in [1.54, 1.807) is 0 Å². The zero-order chi connectivity index (χ0) is 5.11. The van der Waals surface area contributed by atoms with Gasteiger partial charge in [0.1, 0.15) is 7.85 Å². The molecule has 0 saturated heterocycles. The molecule has 2 nitrogen and oxygen atoms in total. The van der Waals surface area contributed by atoms with Crippen molar-refractivity contribution in [1.29, 1.82) is 0 Å². The van der Waals surface area contributed by atoms with Crippen LogP contribution in [0.2, 0.25) is 0 Å². The average Bonchev–Trinajstić information content (AvgIpc) is 1.69. The Bertz CT molecular complexity index is 146. The van der Waals surface area contributed by atoms with Crippen LogP contribution in [0.4, 0.5) is 0 Å². The van der Waals surface area contributed by atoms with E-state index in [2.05, 4.69) is 20.0 Å². The monoisotopic (exact) mass is 232 g/mol. The quantitative estimate of drug-likeness (QED) is 0.478. The topological polar surface area (TPSA) is 63.0 Å². The summed E-state index contributed by atoms with van der Waals surface area (Å²) in [5, 5.41) is 0. The Morgan fingerprint density at radius 3 is 1.50 bits per heavy atom. The van der Waals surface area contributed by atoms with Gasteiger partial charge >= 0.3 is 0 Å². The summed E-state index contributed by atoms with van der Waals surface area (Å²) in [6.07, 6.45) is 0. The van der Waals surface area contributed by atoms with Gasteiger partial charge in [-0.05, 0) is 0 Å². The molecule has 0 amide bonds. The minimum Gasteiger partial charge on any atom is -0.412 e. The van der Waals surface area contributed by atoms with E-state index in [0.717, 1.165) is 0 Å². The SMILES string of the molecule is Bc1ccccc1.O.O.[Pd]. The van der Waals surface area contributed by atoms with Gasteiger partial charge in [0, 0.05) is 20.4 Å². The van der Waals surface area contributed by atoms with Crippen molar-refractivity contribution in [3.8, 4) is 0 Å². The molecule has 0 aliphatic heterocycles. The van der Waals surface area contributed by atoms with Gasteiger partial charge in [-0.15, -0.1) is 0 Å². The smallest absolute Gasteiger partial charge is 0.139 e. The molecular weight excluding hydrogens is 221 g/mol. The van der Waals surface area contributed by atoms with Gasteiger partial charge in [0.2, 0.25) is 0 Å². The first kappa shape index (κ1) is 16.5. The molecule has 0 fully saturated rings. The second-order valence-corrected chi connectivity index (χ2v) is 1.65. The molecule has 0 aliphatic rings. The van der Waals surface area contributed by atoms with Crippen molar-refractivity contribution in [2.24, 2.45) is 0 Å².